The lowest BCUT2D eigenvalue weighted by Crippen LogP contribution is -2.29. The summed E-state index contributed by atoms with van der Waals surface area (Å²) in [6.45, 7) is 4.71. The molecule has 0 N–H and O–H groups in total. The fourth-order valence-corrected chi connectivity index (χ4v) is 4.00. The predicted octanol–water partition coefficient (Wildman–Crippen LogP) is 5.65. The number of hydrogen-bond donors (Lipinski definition) is 0. The summed E-state index contributed by atoms with van der Waals surface area (Å²) in [5.74, 6) is 2.20. The Morgan fingerprint density at radius 2 is 1.82 bits per heavy atom. The van der Waals surface area contributed by atoms with Gasteiger partial charge in [-0.25, -0.2) is 0 Å². The zero-order valence-electron chi connectivity index (χ0n) is 19.6. The number of benzene rings is 2. The van der Waals surface area contributed by atoms with Crippen molar-refractivity contribution in [3.8, 4) is 11.5 Å². The molecule has 1 aromatic heterocycles. The van der Waals surface area contributed by atoms with Gasteiger partial charge in [0.15, 0.2) is 0 Å². The number of ether oxygens (including phenoxy) is 2. The van der Waals surface area contributed by atoms with Crippen molar-refractivity contribution in [2.45, 2.75) is 25.7 Å². The molecule has 7 heteroatoms. The molecule has 2 aromatic carbocycles. The molecule has 33 heavy (non-hydrogen) atoms. The Morgan fingerprint density at radius 3 is 2.39 bits per heavy atom. The van der Waals surface area contributed by atoms with Gasteiger partial charge in [-0.05, 0) is 49.7 Å². The summed E-state index contributed by atoms with van der Waals surface area (Å²) < 4.78 is 12.9. The highest BCUT2D eigenvalue weighted by Gasteiger charge is 2.23. The third-order valence-electron chi connectivity index (χ3n) is 6.21. The molecule has 0 saturated heterocycles. The molecule has 0 radical (unpaired) electrons. The fraction of sp³-hybridized carbons (Fsp3) is 0.346. The van der Waals surface area contributed by atoms with Gasteiger partial charge in [0.25, 0.3) is 0 Å². The first-order chi connectivity index (χ1) is 16.1. The van der Waals surface area contributed by atoms with E-state index in [1.54, 1.807) is 20.4 Å². The summed E-state index contributed by atoms with van der Waals surface area (Å²) in [6, 6.07) is 14.1. The number of anilines is 2. The minimum absolute atomic E-state index is 0.666. The van der Waals surface area contributed by atoms with E-state index in [9.17, 15) is 0 Å². The standard InChI is InChI=1S/C26H31N5O2/c1-27-26-16-21(8-9-25(26)28-12-10-20-11-13-29-30(20)2)31(18-19-6-5-7-19)22-14-23(32-3)17-24(15-22)33-4/h8-9,11-17,19H,1,5-7,10,18H2,2-4H3/b28-12-. The van der Waals surface area contributed by atoms with Gasteiger partial charge in [0.05, 0.1) is 25.6 Å². The van der Waals surface area contributed by atoms with Crippen molar-refractivity contribution in [2.24, 2.45) is 23.0 Å². The van der Waals surface area contributed by atoms with Gasteiger partial charge in [-0.15, -0.1) is 0 Å². The van der Waals surface area contributed by atoms with E-state index in [1.165, 1.54) is 19.3 Å². The van der Waals surface area contributed by atoms with Crippen molar-refractivity contribution >= 4 is 35.7 Å². The molecule has 1 aliphatic carbocycles. The summed E-state index contributed by atoms with van der Waals surface area (Å²) >= 11 is 0. The Morgan fingerprint density at radius 1 is 1.06 bits per heavy atom. The number of aryl methyl sites for hydroxylation is 1. The van der Waals surface area contributed by atoms with Crippen molar-refractivity contribution in [2.75, 3.05) is 25.7 Å². The summed E-state index contributed by atoms with van der Waals surface area (Å²) in [6.07, 6.45) is 8.18. The average molecular weight is 446 g/mol. The van der Waals surface area contributed by atoms with Crippen molar-refractivity contribution in [1.82, 2.24) is 9.78 Å². The van der Waals surface area contributed by atoms with Gasteiger partial charge >= 0.3 is 0 Å². The molecule has 0 aliphatic heterocycles. The Bertz CT molecular complexity index is 1110. The Hall–Kier alpha value is -3.61. The van der Waals surface area contributed by atoms with Gasteiger partial charge in [-0.3, -0.25) is 14.7 Å². The van der Waals surface area contributed by atoms with Crippen molar-refractivity contribution < 1.29 is 9.47 Å². The number of hydrogen-bond acceptors (Lipinski definition) is 6. The van der Waals surface area contributed by atoms with E-state index < -0.39 is 0 Å². The normalized spacial score (nSPS) is 13.7. The second-order valence-corrected chi connectivity index (χ2v) is 8.27. The van der Waals surface area contributed by atoms with Crippen LogP contribution in [0, 0.1) is 5.92 Å². The quantitative estimate of drug-likeness (QED) is 0.378. The highest BCUT2D eigenvalue weighted by molar-refractivity contribution is 5.78. The Kier molecular flexibility index (Phi) is 7.07. The maximum atomic E-state index is 5.52. The molecule has 1 saturated carbocycles. The maximum absolute atomic E-state index is 5.52. The van der Waals surface area contributed by atoms with E-state index in [0.29, 0.717) is 12.3 Å². The van der Waals surface area contributed by atoms with E-state index in [1.807, 2.05) is 54.3 Å². The second kappa shape index (κ2) is 10.3. The Balaban J connectivity index is 1.64. The predicted molar refractivity (Wildman–Crippen MR) is 135 cm³/mol. The van der Waals surface area contributed by atoms with Crippen LogP contribution in [0.3, 0.4) is 0 Å². The largest absolute Gasteiger partial charge is 0.497 e. The van der Waals surface area contributed by atoms with Crippen molar-refractivity contribution in [3.05, 3.63) is 54.4 Å². The van der Waals surface area contributed by atoms with E-state index >= 15 is 0 Å². The van der Waals surface area contributed by atoms with Gasteiger partial charge in [-0.1, -0.05) is 6.42 Å². The maximum Gasteiger partial charge on any atom is 0.124 e. The van der Waals surface area contributed by atoms with Crippen LogP contribution >= 0.6 is 0 Å². The van der Waals surface area contributed by atoms with E-state index in [-0.39, 0.29) is 0 Å². The van der Waals surface area contributed by atoms with Gasteiger partial charge < -0.3 is 14.4 Å². The number of methoxy groups -OCH3 is 2. The zero-order chi connectivity index (χ0) is 23.2. The summed E-state index contributed by atoms with van der Waals surface area (Å²) in [7, 11) is 5.28. The summed E-state index contributed by atoms with van der Waals surface area (Å²) in [5, 5.41) is 4.20. The first-order valence-corrected chi connectivity index (χ1v) is 11.2. The van der Waals surface area contributed by atoms with Gasteiger partial charge in [-0.2, -0.15) is 5.10 Å². The highest BCUT2D eigenvalue weighted by atomic mass is 16.5. The van der Waals surface area contributed by atoms with E-state index in [0.717, 1.165) is 46.5 Å². The van der Waals surface area contributed by atoms with Crippen molar-refractivity contribution in [1.29, 1.82) is 0 Å². The molecule has 0 atom stereocenters. The lowest BCUT2D eigenvalue weighted by Gasteiger charge is -2.34. The van der Waals surface area contributed by atoms with Gasteiger partial charge in [0, 0.05) is 67.7 Å². The molecular weight excluding hydrogens is 414 g/mol. The molecule has 0 amide bonds. The molecule has 172 valence electrons. The number of nitrogens with zero attached hydrogens (tertiary/aromatic N) is 5. The van der Waals surface area contributed by atoms with Crippen LogP contribution < -0.4 is 14.4 Å². The first kappa shape index (κ1) is 22.6. The number of rotatable bonds is 10. The minimum atomic E-state index is 0.666. The van der Waals surface area contributed by atoms with Crippen LogP contribution in [0.1, 0.15) is 25.0 Å². The SMILES string of the molecule is C=Nc1cc(N(CC2CCC2)c2cc(OC)cc(OC)c2)ccc1/N=C\Cc1ccnn1C. The van der Waals surface area contributed by atoms with Crippen LogP contribution in [0.2, 0.25) is 0 Å². The molecule has 0 bridgehead atoms. The Labute approximate surface area is 195 Å². The molecule has 0 spiro atoms. The molecule has 1 fully saturated rings. The van der Waals surface area contributed by atoms with Crippen LogP contribution in [0.25, 0.3) is 0 Å². The third-order valence-corrected chi connectivity index (χ3v) is 6.21. The minimum Gasteiger partial charge on any atom is -0.497 e. The monoisotopic (exact) mass is 445 g/mol. The van der Waals surface area contributed by atoms with Crippen molar-refractivity contribution in [3.63, 3.8) is 0 Å². The second-order valence-electron chi connectivity index (χ2n) is 8.27. The number of aromatic nitrogens is 2. The summed E-state index contributed by atoms with van der Waals surface area (Å²) in [5.41, 5.74) is 4.72. The topological polar surface area (TPSA) is 64.2 Å². The molecule has 1 aliphatic rings. The zero-order valence-corrected chi connectivity index (χ0v) is 19.6. The smallest absolute Gasteiger partial charge is 0.124 e. The van der Waals surface area contributed by atoms with Gasteiger partial charge in [0.1, 0.15) is 11.5 Å². The van der Waals surface area contributed by atoms with Crippen LogP contribution in [-0.2, 0) is 13.5 Å². The lowest BCUT2D eigenvalue weighted by molar-refractivity contribution is 0.324. The highest BCUT2D eigenvalue weighted by Crippen LogP contribution is 2.39. The fourth-order valence-electron chi connectivity index (χ4n) is 4.00. The first-order valence-electron chi connectivity index (χ1n) is 11.2. The molecular formula is C26H31N5O2. The molecule has 0 unspecified atom stereocenters. The van der Waals surface area contributed by atoms with E-state index in [2.05, 4.69) is 32.8 Å². The van der Waals surface area contributed by atoms with Gasteiger partial charge in [0.2, 0.25) is 0 Å². The van der Waals surface area contributed by atoms with Crippen LogP contribution in [-0.4, -0.2) is 43.5 Å². The molecule has 7 nitrogen and oxygen atoms in total. The molecule has 3 aromatic rings. The van der Waals surface area contributed by atoms with Crippen LogP contribution in [0.5, 0.6) is 11.5 Å². The van der Waals surface area contributed by atoms with Crippen LogP contribution in [0.4, 0.5) is 22.7 Å². The average Bonchev–Trinajstić information content (AvgIpc) is 3.22. The molecule has 1 heterocycles. The third kappa shape index (κ3) is 5.25. The molecule has 4 rings (SSSR count). The summed E-state index contributed by atoms with van der Waals surface area (Å²) in [4.78, 5) is 11.2. The lowest BCUT2D eigenvalue weighted by atomic mass is 9.85. The number of aliphatic imine (C=N–C) groups is 2. The van der Waals surface area contributed by atoms with Crippen LogP contribution in [0.15, 0.2) is 58.6 Å². The van der Waals surface area contributed by atoms with E-state index in [4.69, 9.17) is 9.47 Å².